The number of carbonyl (C=O) groups excluding carboxylic acids is 1. The third-order valence-corrected chi connectivity index (χ3v) is 7.24. The summed E-state index contributed by atoms with van der Waals surface area (Å²) in [6.45, 7) is 2.86. The Bertz CT molecular complexity index is 1210. The summed E-state index contributed by atoms with van der Waals surface area (Å²) in [6, 6.07) is 3.14. The van der Waals surface area contributed by atoms with Crippen LogP contribution in [0.1, 0.15) is 54.9 Å². The van der Waals surface area contributed by atoms with Gasteiger partial charge in [-0.2, -0.15) is 0 Å². The topological polar surface area (TPSA) is 121 Å². The number of halogens is 1. The Labute approximate surface area is 202 Å². The fourth-order valence-corrected chi connectivity index (χ4v) is 5.17. The average molecular weight is 485 g/mol. The number of aromatic nitrogens is 1. The number of Topliss-reactive ketones (excluding diaryl/α,β-unsaturated/α-hetero) is 1. The second-order valence-electron chi connectivity index (χ2n) is 9.78. The Balaban J connectivity index is 1.44. The number of ketones is 1. The molecule has 0 spiro atoms. The SMILES string of the molecule is O=C(O)C[C@@H]1CC[C@H](CC(=O)c2cn(C3CC3)c3cc(N4CCNCC4)c(F)cc3c2=O)B(O)O1. The van der Waals surface area contributed by atoms with Gasteiger partial charge in [0, 0.05) is 56.0 Å². The van der Waals surface area contributed by atoms with Crippen LogP contribution in [0.2, 0.25) is 5.82 Å². The van der Waals surface area contributed by atoms with Crippen LogP contribution in [0.25, 0.3) is 10.9 Å². The average Bonchev–Trinajstić information content (AvgIpc) is 3.66. The summed E-state index contributed by atoms with van der Waals surface area (Å²) in [5.41, 5.74) is 0.563. The normalized spacial score (nSPS) is 23.0. The summed E-state index contributed by atoms with van der Waals surface area (Å²) in [5, 5.41) is 22.7. The number of hydrogen-bond acceptors (Lipinski definition) is 7. The molecule has 11 heteroatoms. The van der Waals surface area contributed by atoms with E-state index < -0.39 is 42.0 Å². The van der Waals surface area contributed by atoms with Crippen LogP contribution in [0, 0.1) is 5.82 Å². The number of pyridine rings is 1. The molecular weight excluding hydrogens is 456 g/mol. The summed E-state index contributed by atoms with van der Waals surface area (Å²) in [5.74, 6) is -2.46. The highest BCUT2D eigenvalue weighted by molar-refractivity contribution is 6.45. The van der Waals surface area contributed by atoms with Gasteiger partial charge in [0.2, 0.25) is 0 Å². The lowest BCUT2D eigenvalue weighted by atomic mass is 9.64. The number of nitrogens with zero attached hydrogens (tertiary/aromatic N) is 2. The molecule has 3 aliphatic rings. The molecule has 2 aromatic rings. The van der Waals surface area contributed by atoms with Gasteiger partial charge in [-0.25, -0.2) is 4.39 Å². The smallest absolute Gasteiger partial charge is 0.458 e. The van der Waals surface area contributed by atoms with Gasteiger partial charge < -0.3 is 29.6 Å². The van der Waals surface area contributed by atoms with Crippen LogP contribution in [0.15, 0.2) is 23.1 Å². The minimum atomic E-state index is -1.28. The molecule has 2 atom stereocenters. The molecule has 2 aliphatic heterocycles. The highest BCUT2D eigenvalue weighted by Crippen LogP contribution is 2.39. The zero-order valence-electron chi connectivity index (χ0n) is 19.4. The number of anilines is 1. The van der Waals surface area contributed by atoms with E-state index in [1.54, 1.807) is 12.3 Å². The summed E-state index contributed by atoms with van der Waals surface area (Å²) in [7, 11) is -1.28. The van der Waals surface area contributed by atoms with Crippen molar-refractivity contribution in [1.29, 1.82) is 0 Å². The molecule has 0 unspecified atom stereocenters. The molecule has 1 aromatic heterocycles. The molecule has 1 saturated carbocycles. The molecule has 5 rings (SSSR count). The van der Waals surface area contributed by atoms with Gasteiger partial charge in [0.25, 0.3) is 0 Å². The largest absolute Gasteiger partial charge is 0.481 e. The maximum absolute atomic E-state index is 15.1. The quantitative estimate of drug-likeness (QED) is 0.402. The van der Waals surface area contributed by atoms with Crippen LogP contribution in [-0.4, -0.2) is 65.9 Å². The number of carboxylic acid groups (broad SMARTS) is 1. The van der Waals surface area contributed by atoms with E-state index in [9.17, 15) is 19.4 Å². The van der Waals surface area contributed by atoms with E-state index >= 15 is 4.39 Å². The molecule has 3 heterocycles. The number of carbonyl (C=O) groups is 2. The highest BCUT2D eigenvalue weighted by atomic mass is 19.1. The first-order valence-corrected chi connectivity index (χ1v) is 12.2. The minimum Gasteiger partial charge on any atom is -0.481 e. The van der Waals surface area contributed by atoms with Gasteiger partial charge in [0.05, 0.1) is 29.3 Å². The van der Waals surface area contributed by atoms with Gasteiger partial charge >= 0.3 is 13.1 Å². The van der Waals surface area contributed by atoms with Gasteiger partial charge in [0.1, 0.15) is 5.82 Å². The number of piperazine rings is 1. The molecule has 1 aliphatic carbocycles. The van der Waals surface area contributed by atoms with Crippen molar-refractivity contribution in [2.45, 2.75) is 56.5 Å². The van der Waals surface area contributed by atoms with E-state index in [0.717, 1.165) is 25.9 Å². The number of carboxylic acids is 1. The summed E-state index contributed by atoms with van der Waals surface area (Å²) in [4.78, 5) is 39.4. The number of aliphatic carboxylic acids is 1. The maximum atomic E-state index is 15.1. The van der Waals surface area contributed by atoms with Gasteiger partial charge in [0.15, 0.2) is 11.2 Å². The Morgan fingerprint density at radius 2 is 1.89 bits per heavy atom. The fraction of sp³-hybridized carbons (Fsp3) is 0.542. The Kier molecular flexibility index (Phi) is 6.65. The Morgan fingerprint density at radius 3 is 2.54 bits per heavy atom. The van der Waals surface area contributed by atoms with Crippen molar-refractivity contribution < 1.29 is 28.8 Å². The Morgan fingerprint density at radius 1 is 1.14 bits per heavy atom. The molecule has 3 N–H and O–H groups in total. The Hall–Kier alpha value is -2.76. The van der Waals surface area contributed by atoms with E-state index in [1.807, 2.05) is 9.47 Å². The first kappa shape index (κ1) is 24.0. The molecule has 0 radical (unpaired) electrons. The molecular formula is C24H29BFN3O6. The fourth-order valence-electron chi connectivity index (χ4n) is 5.17. The zero-order valence-corrected chi connectivity index (χ0v) is 19.4. The van der Waals surface area contributed by atoms with Crippen molar-refractivity contribution >= 4 is 35.5 Å². The van der Waals surface area contributed by atoms with Crippen molar-refractivity contribution in [1.82, 2.24) is 9.88 Å². The lowest BCUT2D eigenvalue weighted by Crippen LogP contribution is -2.43. The summed E-state index contributed by atoms with van der Waals surface area (Å²) < 4.78 is 22.4. The molecule has 2 saturated heterocycles. The second-order valence-corrected chi connectivity index (χ2v) is 9.78. The van der Waals surface area contributed by atoms with Crippen LogP contribution in [0.4, 0.5) is 10.1 Å². The van der Waals surface area contributed by atoms with Crippen LogP contribution in [0.5, 0.6) is 0 Å². The van der Waals surface area contributed by atoms with E-state index in [4.69, 9.17) is 9.76 Å². The van der Waals surface area contributed by atoms with Gasteiger partial charge in [-0.15, -0.1) is 0 Å². The number of benzene rings is 1. The number of fused-ring (bicyclic) bond motifs is 1. The standard InChI is InChI=1S/C24H29BFN3O6/c26-19-11-17-20(12-21(19)28-7-5-27-6-8-28)29(15-2-3-15)13-18(24(17)33)22(30)9-14-1-4-16(10-23(31)32)35-25(14)34/h11-16,27,34H,1-10H2,(H,31,32)/t14-,16+/m1/s1. The van der Waals surface area contributed by atoms with Crippen LogP contribution in [0.3, 0.4) is 0 Å². The second kappa shape index (κ2) is 9.71. The predicted molar refractivity (Wildman–Crippen MR) is 129 cm³/mol. The van der Waals surface area contributed by atoms with Crippen molar-refractivity contribution in [3.05, 3.63) is 39.9 Å². The third-order valence-electron chi connectivity index (χ3n) is 7.24. The van der Waals surface area contributed by atoms with E-state index in [-0.39, 0.29) is 29.8 Å². The lowest BCUT2D eigenvalue weighted by molar-refractivity contribution is -0.139. The summed E-state index contributed by atoms with van der Waals surface area (Å²) >= 11 is 0. The van der Waals surface area contributed by atoms with Crippen molar-refractivity contribution in [3.8, 4) is 0 Å². The third kappa shape index (κ3) is 4.98. The molecule has 9 nitrogen and oxygen atoms in total. The number of hydrogen-bond donors (Lipinski definition) is 3. The van der Waals surface area contributed by atoms with E-state index in [0.29, 0.717) is 37.1 Å². The molecule has 0 amide bonds. The molecule has 1 aromatic carbocycles. The molecule has 186 valence electrons. The predicted octanol–water partition coefficient (Wildman–Crippen LogP) is 1.96. The molecule has 0 bridgehead atoms. The van der Waals surface area contributed by atoms with Crippen molar-refractivity contribution in [2.24, 2.45) is 0 Å². The monoisotopic (exact) mass is 485 g/mol. The lowest BCUT2D eigenvalue weighted by Gasteiger charge is -2.30. The number of rotatable bonds is 7. The van der Waals surface area contributed by atoms with Crippen molar-refractivity contribution in [2.75, 3.05) is 31.1 Å². The summed E-state index contributed by atoms with van der Waals surface area (Å²) in [6.07, 6.45) is 3.34. The maximum Gasteiger partial charge on any atom is 0.458 e. The molecule has 3 fully saturated rings. The van der Waals surface area contributed by atoms with Gasteiger partial charge in [-0.1, -0.05) is 0 Å². The molecule has 35 heavy (non-hydrogen) atoms. The first-order valence-electron chi connectivity index (χ1n) is 12.2. The van der Waals surface area contributed by atoms with Crippen molar-refractivity contribution in [3.63, 3.8) is 0 Å². The van der Waals surface area contributed by atoms with Crippen LogP contribution >= 0.6 is 0 Å². The van der Waals surface area contributed by atoms with Gasteiger partial charge in [-0.05, 0) is 37.8 Å². The highest BCUT2D eigenvalue weighted by Gasteiger charge is 2.37. The zero-order chi connectivity index (χ0) is 24.7. The van der Waals surface area contributed by atoms with E-state index in [1.165, 1.54) is 6.07 Å². The number of nitrogens with one attached hydrogen (secondary N) is 1. The van der Waals surface area contributed by atoms with Gasteiger partial charge in [-0.3, -0.25) is 14.4 Å². The minimum absolute atomic E-state index is 0.0152. The first-order chi connectivity index (χ1) is 16.8. The van der Waals surface area contributed by atoms with Crippen LogP contribution < -0.4 is 15.6 Å². The van der Waals surface area contributed by atoms with Crippen LogP contribution in [-0.2, 0) is 9.45 Å². The van der Waals surface area contributed by atoms with E-state index in [2.05, 4.69) is 5.32 Å².